The Morgan fingerprint density at radius 2 is 2.21 bits per heavy atom. The molecule has 2 atom stereocenters. The minimum Gasteiger partial charge on any atom is -0.389 e. The number of amides is 1. The van der Waals surface area contributed by atoms with Crippen molar-refractivity contribution in [2.24, 2.45) is 11.8 Å². The summed E-state index contributed by atoms with van der Waals surface area (Å²) < 4.78 is 7.42. The van der Waals surface area contributed by atoms with Gasteiger partial charge in [0.2, 0.25) is 5.91 Å². The number of nitrogens with zero attached hydrogens (tertiary/aromatic N) is 3. The third-order valence-corrected chi connectivity index (χ3v) is 5.78. The topological polar surface area (TPSA) is 67.6 Å². The van der Waals surface area contributed by atoms with Gasteiger partial charge < -0.3 is 19.3 Å². The van der Waals surface area contributed by atoms with E-state index in [1.54, 1.807) is 12.5 Å². The Morgan fingerprint density at radius 3 is 2.88 bits per heavy atom. The molecule has 0 saturated carbocycles. The number of piperidine rings is 1. The van der Waals surface area contributed by atoms with Crippen molar-refractivity contribution < 1.29 is 14.6 Å². The number of carbonyl (C=O) groups is 1. The van der Waals surface area contributed by atoms with Crippen molar-refractivity contribution >= 4 is 5.91 Å². The molecule has 0 radical (unpaired) electrons. The van der Waals surface area contributed by atoms with Gasteiger partial charge in [-0.2, -0.15) is 0 Å². The number of aliphatic hydroxyl groups is 1. The van der Waals surface area contributed by atoms with Crippen LogP contribution in [-0.4, -0.2) is 57.4 Å². The molecular weight excluding hydrogens is 306 g/mol. The van der Waals surface area contributed by atoms with Crippen molar-refractivity contribution in [2.75, 3.05) is 26.3 Å². The van der Waals surface area contributed by atoms with Gasteiger partial charge in [0.25, 0.3) is 0 Å². The number of likely N-dealkylation sites (tertiary alicyclic amines) is 1. The van der Waals surface area contributed by atoms with Crippen LogP contribution in [0.2, 0.25) is 0 Å². The first-order valence-corrected chi connectivity index (χ1v) is 9.13. The van der Waals surface area contributed by atoms with Gasteiger partial charge in [0.1, 0.15) is 0 Å². The van der Waals surface area contributed by atoms with Gasteiger partial charge in [0.05, 0.1) is 11.9 Å². The zero-order valence-electron chi connectivity index (χ0n) is 14.6. The summed E-state index contributed by atoms with van der Waals surface area (Å²) in [5, 5.41) is 11.2. The van der Waals surface area contributed by atoms with Gasteiger partial charge in [0, 0.05) is 57.6 Å². The van der Waals surface area contributed by atoms with Crippen LogP contribution >= 0.6 is 0 Å². The Balaban J connectivity index is 1.48. The van der Waals surface area contributed by atoms with Crippen molar-refractivity contribution in [3.8, 4) is 0 Å². The molecule has 3 heterocycles. The summed E-state index contributed by atoms with van der Waals surface area (Å²) in [6.45, 7) is 5.73. The number of rotatable bonds is 5. The van der Waals surface area contributed by atoms with Gasteiger partial charge in [-0.3, -0.25) is 4.79 Å². The number of imidazole rings is 1. The van der Waals surface area contributed by atoms with Gasteiger partial charge in [-0.1, -0.05) is 6.92 Å². The maximum absolute atomic E-state index is 12.5. The number of aryl methyl sites for hydroxylation is 1. The van der Waals surface area contributed by atoms with Crippen LogP contribution in [0, 0.1) is 11.8 Å². The smallest absolute Gasteiger partial charge is 0.222 e. The molecule has 1 aromatic heterocycles. The molecule has 0 aromatic carbocycles. The molecule has 3 rings (SSSR count). The predicted molar refractivity (Wildman–Crippen MR) is 90.3 cm³/mol. The molecule has 0 spiro atoms. The highest BCUT2D eigenvalue weighted by atomic mass is 16.5. The number of aromatic nitrogens is 2. The summed E-state index contributed by atoms with van der Waals surface area (Å²) in [5.41, 5.74) is -0.641. The van der Waals surface area contributed by atoms with E-state index in [1.807, 2.05) is 15.7 Å². The van der Waals surface area contributed by atoms with Gasteiger partial charge in [0.15, 0.2) is 0 Å². The molecule has 2 fully saturated rings. The number of hydrogen-bond acceptors (Lipinski definition) is 4. The molecular formula is C18H29N3O3. The van der Waals surface area contributed by atoms with Gasteiger partial charge in [-0.25, -0.2) is 4.98 Å². The SMILES string of the molecule is C[C@@H]1CN(C(=O)CCCn2ccnc2)CC[C@@]1(O)C1CCOCC1. The molecule has 2 aliphatic rings. The molecule has 1 amide bonds. The van der Waals surface area contributed by atoms with Gasteiger partial charge >= 0.3 is 0 Å². The van der Waals surface area contributed by atoms with Crippen molar-refractivity contribution in [1.82, 2.24) is 14.5 Å². The average molecular weight is 335 g/mol. The zero-order valence-corrected chi connectivity index (χ0v) is 14.6. The molecule has 2 aliphatic heterocycles. The molecule has 0 aliphatic carbocycles. The van der Waals surface area contributed by atoms with Crippen LogP contribution in [0.1, 0.15) is 39.0 Å². The average Bonchev–Trinajstić information content (AvgIpc) is 3.11. The molecule has 134 valence electrons. The van der Waals surface area contributed by atoms with Crippen LogP contribution in [-0.2, 0) is 16.1 Å². The Labute approximate surface area is 143 Å². The maximum Gasteiger partial charge on any atom is 0.222 e. The lowest BCUT2D eigenvalue weighted by Crippen LogP contribution is -2.56. The summed E-state index contributed by atoms with van der Waals surface area (Å²) >= 11 is 0. The lowest BCUT2D eigenvalue weighted by Gasteiger charge is -2.48. The number of hydrogen-bond donors (Lipinski definition) is 1. The van der Waals surface area contributed by atoms with Gasteiger partial charge in [-0.05, 0) is 31.6 Å². The molecule has 0 bridgehead atoms. The summed E-state index contributed by atoms with van der Waals surface area (Å²) in [4.78, 5) is 18.4. The lowest BCUT2D eigenvalue weighted by molar-refractivity contribution is -0.151. The number of ether oxygens (including phenoxy) is 1. The predicted octanol–water partition coefficient (Wildman–Crippen LogP) is 1.69. The Kier molecular flexibility index (Phi) is 5.56. The molecule has 2 saturated heterocycles. The van der Waals surface area contributed by atoms with Crippen molar-refractivity contribution in [3.63, 3.8) is 0 Å². The van der Waals surface area contributed by atoms with Crippen LogP contribution in [0.15, 0.2) is 18.7 Å². The largest absolute Gasteiger partial charge is 0.389 e. The third-order valence-electron chi connectivity index (χ3n) is 5.78. The van der Waals surface area contributed by atoms with E-state index in [0.717, 1.165) is 39.0 Å². The fourth-order valence-electron chi connectivity index (χ4n) is 4.16. The monoisotopic (exact) mass is 335 g/mol. The lowest BCUT2D eigenvalue weighted by atomic mass is 9.70. The van der Waals surface area contributed by atoms with Gasteiger partial charge in [-0.15, -0.1) is 0 Å². The van der Waals surface area contributed by atoms with E-state index in [2.05, 4.69) is 11.9 Å². The molecule has 1 aromatic rings. The fraction of sp³-hybridized carbons (Fsp3) is 0.778. The van der Waals surface area contributed by atoms with E-state index >= 15 is 0 Å². The molecule has 6 heteroatoms. The summed E-state index contributed by atoms with van der Waals surface area (Å²) in [7, 11) is 0. The zero-order chi connectivity index (χ0) is 17.0. The minimum absolute atomic E-state index is 0.118. The van der Waals surface area contributed by atoms with Crippen LogP contribution in [0.25, 0.3) is 0 Å². The highest BCUT2D eigenvalue weighted by Gasteiger charge is 2.45. The van der Waals surface area contributed by atoms with E-state index in [1.165, 1.54) is 0 Å². The standard InChI is InChI=1S/C18H29N3O3/c1-15-13-21(17(22)3-2-8-20-10-7-19-14-20)9-6-18(15,23)16-4-11-24-12-5-16/h7,10,14-16,23H,2-6,8-9,11-13H2,1H3/t15-,18+/m1/s1. The van der Waals surface area contributed by atoms with Crippen LogP contribution in [0.5, 0.6) is 0 Å². The van der Waals surface area contributed by atoms with Crippen LogP contribution in [0.3, 0.4) is 0 Å². The quantitative estimate of drug-likeness (QED) is 0.889. The minimum atomic E-state index is -0.641. The normalized spacial score (nSPS) is 28.9. The van der Waals surface area contributed by atoms with E-state index in [-0.39, 0.29) is 11.8 Å². The molecule has 24 heavy (non-hydrogen) atoms. The van der Waals surface area contributed by atoms with E-state index in [4.69, 9.17) is 4.74 Å². The van der Waals surface area contributed by atoms with Crippen molar-refractivity contribution in [2.45, 2.75) is 51.2 Å². The van der Waals surface area contributed by atoms with E-state index in [9.17, 15) is 9.90 Å². The van der Waals surface area contributed by atoms with Crippen LogP contribution in [0.4, 0.5) is 0 Å². The Bertz CT molecular complexity index is 528. The highest BCUT2D eigenvalue weighted by molar-refractivity contribution is 5.76. The second-order valence-corrected chi connectivity index (χ2v) is 7.27. The van der Waals surface area contributed by atoms with Crippen molar-refractivity contribution in [1.29, 1.82) is 0 Å². The molecule has 6 nitrogen and oxygen atoms in total. The highest BCUT2D eigenvalue weighted by Crippen LogP contribution is 2.39. The molecule has 0 unspecified atom stereocenters. The summed E-state index contributed by atoms with van der Waals surface area (Å²) in [6.07, 6.45) is 9.38. The first-order chi connectivity index (χ1) is 11.6. The first-order valence-electron chi connectivity index (χ1n) is 9.13. The third kappa shape index (κ3) is 3.81. The second kappa shape index (κ2) is 7.66. The van der Waals surface area contributed by atoms with E-state index < -0.39 is 5.60 Å². The number of carbonyl (C=O) groups excluding carboxylic acids is 1. The Morgan fingerprint density at radius 1 is 1.42 bits per heavy atom. The molecule has 1 N–H and O–H groups in total. The summed E-state index contributed by atoms with van der Waals surface area (Å²) in [5.74, 6) is 0.627. The van der Waals surface area contributed by atoms with Crippen LogP contribution < -0.4 is 0 Å². The van der Waals surface area contributed by atoms with Crippen molar-refractivity contribution in [3.05, 3.63) is 18.7 Å². The second-order valence-electron chi connectivity index (χ2n) is 7.27. The maximum atomic E-state index is 12.5. The fourth-order valence-corrected chi connectivity index (χ4v) is 4.16. The first kappa shape index (κ1) is 17.4. The van der Waals surface area contributed by atoms with E-state index in [0.29, 0.717) is 31.8 Å². The Hall–Kier alpha value is -1.40. The summed E-state index contributed by atoms with van der Waals surface area (Å²) in [6, 6.07) is 0.